The molecule has 2 saturated heterocycles. The molecule has 2 heterocycles. The van der Waals surface area contributed by atoms with Crippen LogP contribution in [-0.2, 0) is 0 Å². The van der Waals surface area contributed by atoms with Crippen molar-refractivity contribution in [3.63, 3.8) is 0 Å². The fraction of sp³-hybridized carbons (Fsp3) is 0.500. The predicted molar refractivity (Wildman–Crippen MR) is 87.4 cm³/mol. The van der Waals surface area contributed by atoms with Crippen molar-refractivity contribution in [2.45, 2.75) is 50.6 Å². The number of amidine groups is 1. The maximum absolute atomic E-state index is 11.6. The Balaban J connectivity index is 1.97. The van der Waals surface area contributed by atoms with Gasteiger partial charge in [0, 0.05) is 22.1 Å². The lowest BCUT2D eigenvalue weighted by molar-refractivity contribution is 0.0694. The monoisotopic (exact) mass is 340 g/mol. The quantitative estimate of drug-likeness (QED) is 0.619. The number of carbonyl (C=O) groups is 1. The minimum atomic E-state index is -0.989. The van der Waals surface area contributed by atoms with Crippen molar-refractivity contribution in [1.29, 1.82) is 5.41 Å². The van der Waals surface area contributed by atoms with Crippen LogP contribution in [0.5, 0.6) is 0 Å². The lowest BCUT2D eigenvalue weighted by atomic mass is 9.82. The van der Waals surface area contributed by atoms with Crippen molar-refractivity contribution in [3.8, 4) is 0 Å². The van der Waals surface area contributed by atoms with Crippen molar-refractivity contribution in [1.82, 2.24) is 4.90 Å². The minimum absolute atomic E-state index is 0.115. The summed E-state index contributed by atoms with van der Waals surface area (Å²) in [6, 6.07) is 3.74. The predicted octanol–water partition coefficient (Wildman–Crippen LogP) is 4.40. The van der Waals surface area contributed by atoms with Gasteiger partial charge in [0.15, 0.2) is 0 Å². The number of piperidine rings is 1. The van der Waals surface area contributed by atoms with Gasteiger partial charge in [-0.25, -0.2) is 4.79 Å². The van der Waals surface area contributed by atoms with Crippen molar-refractivity contribution in [3.05, 3.63) is 33.3 Å². The SMILES string of the molecule is CC(=N)N1C2CCC1CC(c1c(Cl)cc(Cl)cc1C(=O)O)C2. The van der Waals surface area contributed by atoms with Crippen molar-refractivity contribution in [2.24, 2.45) is 0 Å². The van der Waals surface area contributed by atoms with E-state index in [2.05, 4.69) is 4.90 Å². The van der Waals surface area contributed by atoms with Crippen LogP contribution in [0.2, 0.25) is 10.0 Å². The summed E-state index contributed by atoms with van der Waals surface area (Å²) in [4.78, 5) is 13.7. The Morgan fingerprint density at radius 2 is 1.86 bits per heavy atom. The number of fused-ring (bicyclic) bond motifs is 2. The van der Waals surface area contributed by atoms with Gasteiger partial charge in [0.1, 0.15) is 0 Å². The number of nitrogens with one attached hydrogen (secondary N) is 1. The number of hydrogen-bond acceptors (Lipinski definition) is 2. The molecule has 1 aromatic rings. The number of benzene rings is 1. The van der Waals surface area contributed by atoms with Crippen LogP contribution < -0.4 is 0 Å². The zero-order chi connectivity index (χ0) is 16.0. The van der Waals surface area contributed by atoms with E-state index >= 15 is 0 Å². The maximum Gasteiger partial charge on any atom is 0.336 e. The molecule has 0 radical (unpaired) electrons. The number of nitrogens with zero attached hydrogens (tertiary/aromatic N) is 1. The largest absolute Gasteiger partial charge is 0.478 e. The maximum atomic E-state index is 11.6. The van der Waals surface area contributed by atoms with E-state index in [1.165, 1.54) is 6.07 Å². The molecule has 118 valence electrons. The molecule has 2 aliphatic rings. The van der Waals surface area contributed by atoms with Crippen LogP contribution in [0.4, 0.5) is 0 Å². The van der Waals surface area contributed by atoms with Crippen LogP contribution >= 0.6 is 23.2 Å². The van der Waals surface area contributed by atoms with E-state index in [4.69, 9.17) is 28.6 Å². The molecule has 6 heteroatoms. The molecular formula is C16H18Cl2N2O2. The van der Waals surface area contributed by atoms with Crippen LogP contribution in [0.1, 0.15) is 54.4 Å². The third-order valence-electron chi connectivity index (χ3n) is 4.85. The number of aromatic carboxylic acids is 1. The Morgan fingerprint density at radius 1 is 1.27 bits per heavy atom. The molecule has 2 aliphatic heterocycles. The van der Waals surface area contributed by atoms with Crippen LogP contribution in [0.25, 0.3) is 0 Å². The van der Waals surface area contributed by atoms with Gasteiger partial charge in [0.25, 0.3) is 0 Å². The van der Waals surface area contributed by atoms with E-state index in [0.717, 1.165) is 25.7 Å². The fourth-order valence-corrected chi connectivity index (χ4v) is 4.78. The summed E-state index contributed by atoms with van der Waals surface area (Å²) < 4.78 is 0. The Kier molecular flexibility index (Phi) is 4.08. The van der Waals surface area contributed by atoms with Crippen LogP contribution in [-0.4, -0.2) is 33.9 Å². The molecule has 0 aliphatic carbocycles. The van der Waals surface area contributed by atoms with Gasteiger partial charge in [-0.05, 0) is 56.2 Å². The number of carboxylic acid groups (broad SMARTS) is 1. The topological polar surface area (TPSA) is 64.4 Å². The molecule has 2 fully saturated rings. The molecule has 2 atom stereocenters. The lowest BCUT2D eigenvalue weighted by Crippen LogP contribution is -2.44. The number of halogens is 2. The van der Waals surface area contributed by atoms with Gasteiger partial charge in [0.05, 0.1) is 11.4 Å². The highest BCUT2D eigenvalue weighted by atomic mass is 35.5. The summed E-state index contributed by atoms with van der Waals surface area (Å²) in [5.41, 5.74) is 0.916. The van der Waals surface area contributed by atoms with Gasteiger partial charge in [-0.1, -0.05) is 23.2 Å². The Morgan fingerprint density at radius 3 is 2.36 bits per heavy atom. The Bertz CT molecular complexity index is 633. The highest BCUT2D eigenvalue weighted by Crippen LogP contribution is 2.46. The Labute approximate surface area is 139 Å². The number of rotatable bonds is 2. The minimum Gasteiger partial charge on any atom is -0.478 e. The van der Waals surface area contributed by atoms with Gasteiger partial charge in [0.2, 0.25) is 0 Å². The molecular weight excluding hydrogens is 323 g/mol. The second-order valence-electron chi connectivity index (χ2n) is 6.20. The number of hydrogen-bond donors (Lipinski definition) is 2. The van der Waals surface area contributed by atoms with E-state index < -0.39 is 5.97 Å². The van der Waals surface area contributed by atoms with Crippen molar-refractivity contribution < 1.29 is 9.90 Å². The molecule has 1 aromatic carbocycles. The lowest BCUT2D eigenvalue weighted by Gasteiger charge is -2.40. The van der Waals surface area contributed by atoms with Crippen LogP contribution in [0.15, 0.2) is 12.1 Å². The first-order valence-corrected chi connectivity index (χ1v) is 8.19. The highest BCUT2D eigenvalue weighted by molar-refractivity contribution is 6.35. The molecule has 2 bridgehead atoms. The van der Waals surface area contributed by atoms with E-state index in [0.29, 0.717) is 33.5 Å². The van der Waals surface area contributed by atoms with E-state index in [1.807, 2.05) is 6.92 Å². The average molecular weight is 341 g/mol. The molecule has 0 amide bonds. The zero-order valence-corrected chi connectivity index (χ0v) is 13.8. The van der Waals surface area contributed by atoms with E-state index in [1.54, 1.807) is 6.07 Å². The standard InChI is InChI=1S/C16H18Cl2N2O2/c1-8(19)20-11-2-3-12(20)5-9(4-11)15-13(16(21)22)6-10(17)7-14(15)18/h6-7,9,11-12,19H,2-5H2,1H3,(H,21,22). The molecule has 3 rings (SSSR count). The molecule has 0 aromatic heterocycles. The van der Waals surface area contributed by atoms with Gasteiger partial charge in [-0.2, -0.15) is 0 Å². The molecule has 0 saturated carbocycles. The third-order valence-corrected chi connectivity index (χ3v) is 5.38. The first kappa shape index (κ1) is 15.6. The van der Waals surface area contributed by atoms with Gasteiger partial charge >= 0.3 is 5.97 Å². The van der Waals surface area contributed by atoms with Gasteiger partial charge in [-0.3, -0.25) is 5.41 Å². The number of carboxylic acids is 1. The fourth-order valence-electron chi connectivity index (χ4n) is 4.14. The Hall–Kier alpha value is -1.26. The van der Waals surface area contributed by atoms with Crippen molar-refractivity contribution >= 4 is 35.0 Å². The average Bonchev–Trinajstić information content (AvgIpc) is 2.69. The highest BCUT2D eigenvalue weighted by Gasteiger charge is 2.42. The molecule has 4 nitrogen and oxygen atoms in total. The second kappa shape index (κ2) is 5.74. The summed E-state index contributed by atoms with van der Waals surface area (Å²) in [5, 5.41) is 18.2. The normalized spacial score (nSPS) is 27.0. The second-order valence-corrected chi connectivity index (χ2v) is 7.04. The zero-order valence-electron chi connectivity index (χ0n) is 12.3. The third kappa shape index (κ3) is 2.59. The summed E-state index contributed by atoms with van der Waals surface area (Å²) in [7, 11) is 0. The van der Waals surface area contributed by atoms with Crippen LogP contribution in [0.3, 0.4) is 0 Å². The molecule has 0 spiro atoms. The smallest absolute Gasteiger partial charge is 0.336 e. The summed E-state index contributed by atoms with van der Waals surface area (Å²) >= 11 is 12.3. The summed E-state index contributed by atoms with van der Waals surface area (Å²) in [5.74, 6) is -0.270. The first-order valence-electron chi connectivity index (χ1n) is 7.44. The van der Waals surface area contributed by atoms with Crippen LogP contribution in [0, 0.1) is 5.41 Å². The first-order chi connectivity index (χ1) is 10.4. The summed E-state index contributed by atoms with van der Waals surface area (Å²) in [6.07, 6.45) is 3.80. The van der Waals surface area contributed by atoms with E-state index in [9.17, 15) is 9.90 Å². The molecule has 2 N–H and O–H groups in total. The van der Waals surface area contributed by atoms with Crippen molar-refractivity contribution in [2.75, 3.05) is 0 Å². The molecule has 22 heavy (non-hydrogen) atoms. The van der Waals surface area contributed by atoms with E-state index in [-0.39, 0.29) is 11.5 Å². The molecule has 2 unspecified atom stereocenters. The van der Waals surface area contributed by atoms with Gasteiger partial charge in [-0.15, -0.1) is 0 Å². The van der Waals surface area contributed by atoms with Gasteiger partial charge < -0.3 is 10.0 Å². The summed E-state index contributed by atoms with van der Waals surface area (Å²) in [6.45, 7) is 1.82.